The van der Waals surface area contributed by atoms with Crippen molar-refractivity contribution in [2.75, 3.05) is 0 Å². The van der Waals surface area contributed by atoms with Crippen molar-refractivity contribution in [1.29, 1.82) is 0 Å². The first-order valence-electron chi connectivity index (χ1n) is 32.7. The molecule has 0 atom stereocenters. The maximum absolute atomic E-state index is 16.3. The van der Waals surface area contributed by atoms with E-state index in [1.165, 1.54) is 24.3 Å². The van der Waals surface area contributed by atoms with Crippen molar-refractivity contribution in [2.24, 2.45) is 0 Å². The lowest BCUT2D eigenvalue weighted by atomic mass is 9.74. The van der Waals surface area contributed by atoms with Crippen molar-refractivity contribution in [2.45, 2.75) is 51.1 Å². The average Bonchev–Trinajstić information content (AvgIpc) is 1.14. The van der Waals surface area contributed by atoms with Gasteiger partial charge in [-0.1, -0.05) is 182 Å². The molecule has 12 heteroatoms. The summed E-state index contributed by atoms with van der Waals surface area (Å²) in [6.07, 6.45) is -9.65. The zero-order valence-corrected chi connectivity index (χ0v) is 54.9. The summed E-state index contributed by atoms with van der Waals surface area (Å²) < 4.78 is 111. The molecule has 13 aromatic carbocycles. The van der Waals surface area contributed by atoms with Gasteiger partial charge in [0.25, 0.3) is 0 Å². The smallest absolute Gasteiger partial charge is 0.331 e. The van der Waals surface area contributed by atoms with Gasteiger partial charge in [0.05, 0.1) is 55.6 Å². The molecule has 19 rings (SSSR count). The highest BCUT2D eigenvalue weighted by atomic mass is 32.1. The summed E-state index contributed by atoms with van der Waals surface area (Å²) in [4.78, 5) is 0. The van der Waals surface area contributed by atoms with Crippen LogP contribution in [-0.2, 0) is 23.4 Å². The molecule has 0 radical (unpaired) electrons. The average molecular weight is 1320 g/mol. The molecule has 0 amide bonds. The highest BCUT2D eigenvalue weighted by Crippen LogP contribution is 2.59. The maximum atomic E-state index is 16.3. The first-order chi connectivity index (χ1) is 47.5. The molecule has 0 aliphatic rings. The van der Waals surface area contributed by atoms with Crippen LogP contribution in [0.3, 0.4) is 0 Å². The molecule has 0 aliphatic heterocycles. The second-order valence-electron chi connectivity index (χ2n) is 26.8. The van der Waals surface area contributed by atoms with Crippen LogP contribution in [-0.4, -0.2) is 18.3 Å². The topological polar surface area (TPSA) is 19.7 Å². The van der Waals surface area contributed by atoms with E-state index in [0.29, 0.717) is 33.6 Å². The zero-order valence-electron chi connectivity index (χ0n) is 53.3. The standard InChI is InChI=1S/C86H56F6N4S2/c1-83(2,95-65-37-15-5-27-53(65)54-28-6-16-38-66(54)95)77-73(49-23-21-25-51(47-49)85(87,88)89)79(93-63-35-13-9-33-61(63)75-69(93)45-43-59-57-31-11-19-41-71(57)97-81(59)75)78(84(3,4)96-67-39-17-7-29-55(67)56-30-8-18-40-68(56)96)80(74(77)50-24-22-26-52(48-50)86(90,91)92)94-64-36-14-10-34-62(64)76-70(94)46-44-60-58-32-12-20-42-72(58)98-82(60)76/h5-48H,1-4H3. The highest BCUT2D eigenvalue weighted by molar-refractivity contribution is 7.27. The molecule has 0 spiro atoms. The van der Waals surface area contributed by atoms with Gasteiger partial charge < -0.3 is 18.3 Å². The lowest BCUT2D eigenvalue weighted by Gasteiger charge is -2.42. The Hall–Kier alpha value is -10.9. The zero-order chi connectivity index (χ0) is 66.5. The summed E-state index contributed by atoms with van der Waals surface area (Å²) >= 11 is 3.41. The van der Waals surface area contributed by atoms with Gasteiger partial charge in [-0.05, 0) is 129 Å². The number of rotatable bonds is 8. The number of hydrogen-bond acceptors (Lipinski definition) is 2. The molecule has 0 fully saturated rings. The Morgan fingerprint density at radius 1 is 0.276 bits per heavy atom. The number of hydrogen-bond donors (Lipinski definition) is 0. The lowest BCUT2D eigenvalue weighted by Crippen LogP contribution is -2.35. The number of alkyl halides is 6. The minimum absolute atomic E-state index is 0.223. The molecule has 474 valence electrons. The summed E-state index contributed by atoms with van der Waals surface area (Å²) in [7, 11) is 0. The van der Waals surface area contributed by atoms with Gasteiger partial charge in [0.15, 0.2) is 0 Å². The van der Waals surface area contributed by atoms with Gasteiger partial charge in [-0.3, -0.25) is 0 Å². The molecule has 0 N–H and O–H groups in total. The largest absolute Gasteiger partial charge is 0.416 e. The summed E-state index contributed by atoms with van der Waals surface area (Å²) in [5.41, 5.74) is 5.64. The van der Waals surface area contributed by atoms with E-state index < -0.39 is 34.6 Å². The van der Waals surface area contributed by atoms with Crippen molar-refractivity contribution in [1.82, 2.24) is 18.3 Å². The third-order valence-corrected chi connectivity index (χ3v) is 23.1. The highest BCUT2D eigenvalue weighted by Gasteiger charge is 2.45. The molecule has 0 saturated carbocycles. The molecule has 19 aromatic rings. The van der Waals surface area contributed by atoms with Crippen LogP contribution < -0.4 is 0 Å². The molecule has 0 aliphatic carbocycles. The van der Waals surface area contributed by atoms with E-state index in [4.69, 9.17) is 0 Å². The third-order valence-electron chi connectivity index (χ3n) is 20.7. The minimum atomic E-state index is -4.83. The van der Waals surface area contributed by atoms with Gasteiger partial charge in [-0.15, -0.1) is 22.7 Å². The molecule has 6 aromatic heterocycles. The third kappa shape index (κ3) is 8.18. The van der Waals surface area contributed by atoms with Crippen LogP contribution in [0.2, 0.25) is 0 Å². The molecule has 0 unspecified atom stereocenters. The van der Waals surface area contributed by atoms with Gasteiger partial charge >= 0.3 is 12.4 Å². The number of benzene rings is 13. The van der Waals surface area contributed by atoms with Crippen LogP contribution in [0, 0.1) is 0 Å². The SMILES string of the molecule is CC(C)(c1c(-c2cccc(C(F)(F)F)c2)c(-n2c3ccccc3c3c4sc5ccccc5c4ccc32)c(C(C)(C)n2c3ccccc3c3ccccc32)c(-n2c3ccccc3c3c4sc5ccccc5c4ccc32)c1-c1cccc(C(F)(F)F)c1)n1c2ccccc2c2ccccc21. The minimum Gasteiger partial charge on any atom is -0.331 e. The van der Waals surface area contributed by atoms with Crippen molar-refractivity contribution >= 4 is 150 Å². The van der Waals surface area contributed by atoms with Gasteiger partial charge in [0, 0.05) is 122 Å². The summed E-state index contributed by atoms with van der Waals surface area (Å²) in [5, 5.41) is 11.9. The van der Waals surface area contributed by atoms with Crippen LogP contribution in [0.15, 0.2) is 267 Å². The van der Waals surface area contributed by atoms with E-state index in [0.717, 1.165) is 140 Å². The quantitative estimate of drug-likeness (QED) is 0.135. The summed E-state index contributed by atoms with van der Waals surface area (Å²) in [6.45, 7) is 8.57. The first kappa shape index (κ1) is 58.4. The second-order valence-corrected chi connectivity index (χ2v) is 28.9. The van der Waals surface area contributed by atoms with E-state index in [9.17, 15) is 0 Å². The fourth-order valence-corrected chi connectivity index (χ4v) is 19.4. The Balaban J connectivity index is 1.16. The van der Waals surface area contributed by atoms with E-state index in [-0.39, 0.29) is 11.1 Å². The number of aromatic nitrogens is 4. The van der Waals surface area contributed by atoms with E-state index in [1.54, 1.807) is 34.8 Å². The normalized spacial score (nSPS) is 13.0. The molecule has 4 nitrogen and oxygen atoms in total. The molecule has 0 saturated heterocycles. The predicted octanol–water partition coefficient (Wildman–Crippen LogP) is 25.8. The Kier molecular flexibility index (Phi) is 12.4. The number of nitrogens with zero attached hydrogens (tertiary/aromatic N) is 4. The first-order valence-corrected chi connectivity index (χ1v) is 34.3. The van der Waals surface area contributed by atoms with Gasteiger partial charge in [-0.2, -0.15) is 26.3 Å². The molecule has 0 bridgehead atoms. The Labute approximate surface area is 565 Å². The van der Waals surface area contributed by atoms with E-state index in [2.05, 4.69) is 192 Å². The molecule has 6 heterocycles. The fraction of sp³-hybridized carbons (Fsp3) is 0.0930. The van der Waals surface area contributed by atoms with Gasteiger partial charge in [-0.25, -0.2) is 0 Å². The number of thiophene rings is 2. The Morgan fingerprint density at radius 3 is 0.959 bits per heavy atom. The van der Waals surface area contributed by atoms with Crippen molar-refractivity contribution < 1.29 is 26.3 Å². The van der Waals surface area contributed by atoms with Gasteiger partial charge in [0.2, 0.25) is 0 Å². The van der Waals surface area contributed by atoms with Crippen LogP contribution in [0.25, 0.3) is 161 Å². The van der Waals surface area contributed by atoms with Crippen LogP contribution >= 0.6 is 22.7 Å². The summed E-state index contributed by atoms with van der Waals surface area (Å²) in [5.74, 6) is 0. The molecular weight excluding hydrogens is 1270 g/mol. The number of fused-ring (bicyclic) bond motifs is 20. The maximum Gasteiger partial charge on any atom is 0.416 e. The lowest BCUT2D eigenvalue weighted by molar-refractivity contribution is -0.138. The molecule has 98 heavy (non-hydrogen) atoms. The number of para-hydroxylation sites is 6. The Morgan fingerprint density at radius 2 is 0.592 bits per heavy atom. The fourth-order valence-electron chi connectivity index (χ4n) is 16.9. The molecular formula is C86H56F6N4S2. The van der Waals surface area contributed by atoms with Crippen molar-refractivity contribution in [3.8, 4) is 33.6 Å². The monoisotopic (exact) mass is 1320 g/mol. The van der Waals surface area contributed by atoms with Crippen molar-refractivity contribution in [3.05, 3.63) is 289 Å². The van der Waals surface area contributed by atoms with Crippen LogP contribution in [0.4, 0.5) is 26.3 Å². The predicted molar refractivity (Wildman–Crippen MR) is 398 cm³/mol. The van der Waals surface area contributed by atoms with E-state index >= 15 is 26.3 Å². The van der Waals surface area contributed by atoms with Crippen LogP contribution in [0.1, 0.15) is 49.9 Å². The van der Waals surface area contributed by atoms with Crippen LogP contribution in [0.5, 0.6) is 0 Å². The number of halogens is 6. The Bertz CT molecular complexity index is 6240. The van der Waals surface area contributed by atoms with Gasteiger partial charge in [0.1, 0.15) is 0 Å². The second kappa shape index (κ2) is 20.8. The van der Waals surface area contributed by atoms with Crippen molar-refractivity contribution in [3.63, 3.8) is 0 Å². The van der Waals surface area contributed by atoms with E-state index in [1.807, 2.05) is 72.8 Å². The summed E-state index contributed by atoms with van der Waals surface area (Å²) in [6, 6.07) is 86.2.